The van der Waals surface area contributed by atoms with Crippen LogP contribution < -0.4 is 10.6 Å². The smallest absolute Gasteiger partial charge is 0.268 e. The Balaban J connectivity index is 1.64. The highest BCUT2D eigenvalue weighted by Crippen LogP contribution is 2.34. The molecule has 1 aromatic heterocycles. The van der Waals surface area contributed by atoms with Crippen LogP contribution in [0.3, 0.4) is 0 Å². The second-order valence-electron chi connectivity index (χ2n) is 10.3. The maximum absolute atomic E-state index is 13.0. The Morgan fingerprint density at radius 3 is 2.30 bits per heavy atom. The first-order chi connectivity index (χ1) is 17.5. The van der Waals surface area contributed by atoms with E-state index in [0.717, 1.165) is 22.0 Å². The fourth-order valence-electron chi connectivity index (χ4n) is 4.13. The number of anilines is 1. The van der Waals surface area contributed by atoms with E-state index in [1.807, 2.05) is 54.6 Å². The Labute approximate surface area is 217 Å². The molecule has 0 aliphatic heterocycles. The van der Waals surface area contributed by atoms with Gasteiger partial charge in [-0.2, -0.15) is 0 Å². The summed E-state index contributed by atoms with van der Waals surface area (Å²) in [5, 5.41) is 16.2. The van der Waals surface area contributed by atoms with Crippen LogP contribution in [-0.4, -0.2) is 42.9 Å². The molecule has 0 saturated carbocycles. The molecule has 0 radical (unpaired) electrons. The van der Waals surface area contributed by atoms with Gasteiger partial charge in [-0.15, -0.1) is 0 Å². The van der Waals surface area contributed by atoms with E-state index >= 15 is 0 Å². The summed E-state index contributed by atoms with van der Waals surface area (Å²) in [6.07, 6.45) is -0.670. The van der Waals surface area contributed by atoms with Crippen LogP contribution in [0, 0.1) is 0 Å². The summed E-state index contributed by atoms with van der Waals surface area (Å²) < 4.78 is 26.0. The standard InChI is InChI=1S/C29H33N3O4S/c1-19(33)17-30-28(34)27-26(20-8-6-5-7-9-20)24-16-22(12-15-25(24)32-27)31-18-37(35,36)23-13-10-21(11-14-23)29(2,3)4/h5-16,19,31-33H,17-18H2,1-4H3,(H,30,34). The molecule has 3 aromatic carbocycles. The van der Waals surface area contributed by atoms with E-state index in [2.05, 4.69) is 36.4 Å². The molecule has 0 spiro atoms. The van der Waals surface area contributed by atoms with Gasteiger partial charge in [0.2, 0.25) is 0 Å². The third kappa shape index (κ3) is 6.03. The number of carbonyl (C=O) groups is 1. The second kappa shape index (κ2) is 10.4. The van der Waals surface area contributed by atoms with E-state index in [1.165, 1.54) is 0 Å². The molecule has 4 N–H and O–H groups in total. The van der Waals surface area contributed by atoms with Crippen LogP contribution in [0.2, 0.25) is 0 Å². The summed E-state index contributed by atoms with van der Waals surface area (Å²) >= 11 is 0. The first kappa shape index (κ1) is 26.4. The van der Waals surface area contributed by atoms with E-state index in [1.54, 1.807) is 25.1 Å². The third-order valence-electron chi connectivity index (χ3n) is 6.19. The molecular weight excluding hydrogens is 486 g/mol. The quantitative estimate of drug-likeness (QED) is 0.259. The zero-order valence-corrected chi connectivity index (χ0v) is 22.3. The van der Waals surface area contributed by atoms with Crippen LogP contribution in [-0.2, 0) is 15.3 Å². The van der Waals surface area contributed by atoms with Gasteiger partial charge >= 0.3 is 0 Å². The van der Waals surface area contributed by atoms with Crippen molar-refractivity contribution in [3.8, 4) is 11.1 Å². The number of benzene rings is 3. The molecule has 8 heteroatoms. The van der Waals surface area contributed by atoms with Crippen molar-refractivity contribution in [3.63, 3.8) is 0 Å². The molecule has 37 heavy (non-hydrogen) atoms. The fraction of sp³-hybridized carbons (Fsp3) is 0.276. The number of hydrogen-bond donors (Lipinski definition) is 4. The molecule has 1 heterocycles. The van der Waals surface area contributed by atoms with Gasteiger partial charge < -0.3 is 20.7 Å². The Morgan fingerprint density at radius 1 is 1.00 bits per heavy atom. The first-order valence-corrected chi connectivity index (χ1v) is 13.9. The van der Waals surface area contributed by atoms with Gasteiger partial charge in [-0.25, -0.2) is 8.42 Å². The number of sulfone groups is 1. The lowest BCUT2D eigenvalue weighted by Gasteiger charge is -2.19. The normalized spacial score (nSPS) is 12.9. The molecule has 194 valence electrons. The average molecular weight is 520 g/mol. The first-order valence-electron chi connectivity index (χ1n) is 12.2. The minimum atomic E-state index is -3.57. The van der Waals surface area contributed by atoms with E-state index in [9.17, 15) is 18.3 Å². The van der Waals surface area contributed by atoms with Crippen molar-refractivity contribution in [1.29, 1.82) is 0 Å². The topological polar surface area (TPSA) is 111 Å². The minimum absolute atomic E-state index is 0.0604. The highest BCUT2D eigenvalue weighted by atomic mass is 32.2. The maximum Gasteiger partial charge on any atom is 0.268 e. The molecule has 4 rings (SSSR count). The Morgan fingerprint density at radius 2 is 1.68 bits per heavy atom. The molecule has 7 nitrogen and oxygen atoms in total. The predicted octanol–water partition coefficient (Wildman–Crippen LogP) is 5.09. The number of carbonyl (C=O) groups excluding carboxylic acids is 1. The predicted molar refractivity (Wildman–Crippen MR) is 149 cm³/mol. The van der Waals surface area contributed by atoms with Crippen molar-refractivity contribution in [2.45, 2.75) is 44.1 Å². The van der Waals surface area contributed by atoms with Gasteiger partial charge in [0.25, 0.3) is 5.91 Å². The number of amides is 1. The van der Waals surface area contributed by atoms with Gasteiger partial charge in [0.15, 0.2) is 9.84 Å². The molecule has 1 unspecified atom stereocenters. The SMILES string of the molecule is CC(O)CNC(=O)c1[nH]c2ccc(NCS(=O)(=O)c3ccc(C(C)(C)C)cc3)cc2c1-c1ccccc1. The molecule has 4 aromatic rings. The zero-order chi connectivity index (χ0) is 26.8. The Hall–Kier alpha value is -3.62. The van der Waals surface area contributed by atoms with E-state index in [-0.39, 0.29) is 28.6 Å². The van der Waals surface area contributed by atoms with Crippen LogP contribution in [0.1, 0.15) is 43.7 Å². The van der Waals surface area contributed by atoms with Crippen molar-refractivity contribution in [3.05, 3.63) is 84.1 Å². The van der Waals surface area contributed by atoms with Gasteiger partial charge in [-0.1, -0.05) is 63.2 Å². The zero-order valence-electron chi connectivity index (χ0n) is 21.5. The van der Waals surface area contributed by atoms with Crippen molar-refractivity contribution < 1.29 is 18.3 Å². The summed E-state index contributed by atoms with van der Waals surface area (Å²) in [6.45, 7) is 7.99. The van der Waals surface area contributed by atoms with Crippen molar-refractivity contribution in [1.82, 2.24) is 10.3 Å². The van der Waals surface area contributed by atoms with Gasteiger partial charge in [-0.05, 0) is 53.8 Å². The number of fused-ring (bicyclic) bond motifs is 1. The Bertz CT molecular complexity index is 1500. The molecule has 1 atom stereocenters. The van der Waals surface area contributed by atoms with Crippen LogP contribution >= 0.6 is 0 Å². The molecule has 0 aliphatic rings. The summed E-state index contributed by atoms with van der Waals surface area (Å²) in [6, 6.07) is 22.0. The average Bonchev–Trinajstić information content (AvgIpc) is 3.25. The van der Waals surface area contributed by atoms with Gasteiger partial charge in [0.1, 0.15) is 11.6 Å². The van der Waals surface area contributed by atoms with Crippen molar-refractivity contribution in [2.75, 3.05) is 17.7 Å². The number of H-pyrrole nitrogens is 1. The number of rotatable bonds is 8. The summed E-state index contributed by atoms with van der Waals surface area (Å²) in [5.74, 6) is -0.591. The molecule has 0 aliphatic carbocycles. The van der Waals surface area contributed by atoms with E-state index in [0.29, 0.717) is 16.9 Å². The van der Waals surface area contributed by atoms with Gasteiger partial charge in [-0.3, -0.25) is 4.79 Å². The van der Waals surface area contributed by atoms with Crippen LogP contribution in [0.5, 0.6) is 0 Å². The molecule has 0 bridgehead atoms. The lowest BCUT2D eigenvalue weighted by Crippen LogP contribution is -2.31. The lowest BCUT2D eigenvalue weighted by atomic mass is 9.87. The number of aliphatic hydroxyl groups is 1. The number of aliphatic hydroxyl groups excluding tert-OH is 1. The highest BCUT2D eigenvalue weighted by Gasteiger charge is 2.21. The summed E-state index contributed by atoms with van der Waals surface area (Å²) in [5.41, 5.74) is 4.31. The molecular formula is C29H33N3O4S. The largest absolute Gasteiger partial charge is 0.392 e. The number of aromatic amines is 1. The monoisotopic (exact) mass is 519 g/mol. The van der Waals surface area contributed by atoms with Crippen molar-refractivity contribution in [2.24, 2.45) is 0 Å². The van der Waals surface area contributed by atoms with Gasteiger partial charge in [0, 0.05) is 28.7 Å². The number of aromatic nitrogens is 1. The molecule has 1 amide bonds. The van der Waals surface area contributed by atoms with E-state index in [4.69, 9.17) is 0 Å². The highest BCUT2D eigenvalue weighted by molar-refractivity contribution is 7.91. The van der Waals surface area contributed by atoms with Gasteiger partial charge in [0.05, 0.1) is 11.0 Å². The van der Waals surface area contributed by atoms with Crippen LogP contribution in [0.15, 0.2) is 77.7 Å². The second-order valence-corrected chi connectivity index (χ2v) is 12.3. The third-order valence-corrected chi connectivity index (χ3v) is 7.71. The summed E-state index contributed by atoms with van der Waals surface area (Å²) in [4.78, 5) is 16.4. The van der Waals surface area contributed by atoms with Crippen LogP contribution in [0.4, 0.5) is 5.69 Å². The van der Waals surface area contributed by atoms with Crippen molar-refractivity contribution >= 4 is 32.3 Å². The number of nitrogens with one attached hydrogen (secondary N) is 3. The fourth-order valence-corrected chi connectivity index (χ4v) is 5.20. The molecule has 0 saturated heterocycles. The molecule has 0 fully saturated rings. The lowest BCUT2D eigenvalue weighted by molar-refractivity contribution is 0.0920. The Kier molecular flexibility index (Phi) is 7.43. The summed E-state index contributed by atoms with van der Waals surface area (Å²) in [7, 11) is -3.57. The number of hydrogen-bond acceptors (Lipinski definition) is 5. The maximum atomic E-state index is 13.0. The van der Waals surface area contributed by atoms with E-state index < -0.39 is 15.9 Å². The minimum Gasteiger partial charge on any atom is -0.392 e. The van der Waals surface area contributed by atoms with Crippen LogP contribution in [0.25, 0.3) is 22.0 Å².